The van der Waals surface area contributed by atoms with E-state index < -0.39 is 0 Å². The first-order valence-electron chi connectivity index (χ1n) is 8.34. The topological polar surface area (TPSA) is 24.5 Å². The van der Waals surface area contributed by atoms with E-state index in [9.17, 15) is 0 Å². The van der Waals surface area contributed by atoms with E-state index in [1.807, 2.05) is 6.92 Å². The minimum Gasteiger partial charge on any atom is -0.492 e. The fourth-order valence-corrected chi connectivity index (χ4v) is 3.02. The molecule has 1 aliphatic heterocycles. The Morgan fingerprint density at radius 2 is 2.10 bits per heavy atom. The van der Waals surface area contributed by atoms with E-state index in [4.69, 9.17) is 4.74 Å². The average Bonchev–Trinajstić information content (AvgIpc) is 2.68. The number of nitrogens with one attached hydrogen (secondary N) is 1. The van der Waals surface area contributed by atoms with E-state index in [-0.39, 0.29) is 0 Å². The monoisotopic (exact) mass is 290 g/mol. The zero-order chi connectivity index (χ0) is 15.2. The largest absolute Gasteiger partial charge is 0.492 e. The third-order valence-corrected chi connectivity index (χ3v) is 4.29. The van der Waals surface area contributed by atoms with Crippen molar-refractivity contribution < 1.29 is 4.74 Å². The molecule has 21 heavy (non-hydrogen) atoms. The van der Waals surface area contributed by atoms with Crippen molar-refractivity contribution in [1.82, 2.24) is 4.90 Å². The Hall–Kier alpha value is -1.22. The molecule has 1 saturated heterocycles. The van der Waals surface area contributed by atoms with Gasteiger partial charge in [-0.25, -0.2) is 0 Å². The van der Waals surface area contributed by atoms with Crippen LogP contribution in [0.15, 0.2) is 18.2 Å². The molecule has 1 atom stereocenters. The fraction of sp³-hybridized carbons (Fsp3) is 0.667. The molecule has 3 nitrogen and oxygen atoms in total. The van der Waals surface area contributed by atoms with E-state index in [0.29, 0.717) is 18.7 Å². The Morgan fingerprint density at radius 1 is 1.29 bits per heavy atom. The van der Waals surface area contributed by atoms with Gasteiger partial charge in [0.2, 0.25) is 0 Å². The molecule has 3 heteroatoms. The maximum atomic E-state index is 5.78. The maximum absolute atomic E-state index is 5.78. The van der Waals surface area contributed by atoms with Crippen molar-refractivity contribution in [2.45, 2.75) is 59.0 Å². The van der Waals surface area contributed by atoms with Gasteiger partial charge in [-0.15, -0.1) is 0 Å². The van der Waals surface area contributed by atoms with E-state index in [1.54, 1.807) is 0 Å². The normalized spacial score (nSPS) is 20.3. The van der Waals surface area contributed by atoms with Crippen molar-refractivity contribution in [3.05, 3.63) is 23.8 Å². The SMILES string of the molecule is CCOc1cc(C)ccc1NC1CCCN(C(C)C)CC1. The summed E-state index contributed by atoms with van der Waals surface area (Å²) in [6.07, 6.45) is 3.71. The highest BCUT2D eigenvalue weighted by Gasteiger charge is 2.19. The molecule has 0 amide bonds. The molecule has 0 aromatic heterocycles. The van der Waals surface area contributed by atoms with Crippen LogP contribution in [0.5, 0.6) is 5.75 Å². The Kier molecular flexibility index (Phi) is 5.92. The van der Waals surface area contributed by atoms with Crippen molar-refractivity contribution in [2.24, 2.45) is 0 Å². The lowest BCUT2D eigenvalue weighted by Crippen LogP contribution is -2.32. The number of ether oxygens (including phenoxy) is 1. The first-order chi connectivity index (χ1) is 10.1. The maximum Gasteiger partial charge on any atom is 0.142 e. The highest BCUT2D eigenvalue weighted by atomic mass is 16.5. The molecule has 1 N–H and O–H groups in total. The van der Waals surface area contributed by atoms with Gasteiger partial charge < -0.3 is 15.0 Å². The quantitative estimate of drug-likeness (QED) is 0.884. The molecule has 0 aliphatic carbocycles. The second kappa shape index (κ2) is 7.69. The lowest BCUT2D eigenvalue weighted by Gasteiger charge is -2.24. The molecule has 0 bridgehead atoms. The number of rotatable bonds is 5. The summed E-state index contributed by atoms with van der Waals surface area (Å²) in [4.78, 5) is 2.58. The van der Waals surface area contributed by atoms with E-state index >= 15 is 0 Å². The lowest BCUT2D eigenvalue weighted by molar-refractivity contribution is 0.230. The van der Waals surface area contributed by atoms with Crippen LogP contribution >= 0.6 is 0 Å². The van der Waals surface area contributed by atoms with Gasteiger partial charge in [-0.2, -0.15) is 0 Å². The second-order valence-corrected chi connectivity index (χ2v) is 6.33. The molecule has 0 spiro atoms. The van der Waals surface area contributed by atoms with Crippen LogP contribution < -0.4 is 10.1 Å². The molecule has 2 rings (SSSR count). The number of hydrogen-bond acceptors (Lipinski definition) is 3. The summed E-state index contributed by atoms with van der Waals surface area (Å²) in [6, 6.07) is 7.65. The molecule has 1 unspecified atom stereocenters. The fourth-order valence-electron chi connectivity index (χ4n) is 3.02. The molecule has 1 aromatic rings. The summed E-state index contributed by atoms with van der Waals surface area (Å²) in [5.41, 5.74) is 2.39. The Bertz CT molecular complexity index is 445. The Balaban J connectivity index is 2.01. The number of nitrogens with zero attached hydrogens (tertiary/aromatic N) is 1. The molecular formula is C18H30N2O. The van der Waals surface area contributed by atoms with Crippen LogP contribution in [0.25, 0.3) is 0 Å². The standard InChI is InChI=1S/C18H30N2O/c1-5-21-18-13-15(4)8-9-17(18)19-16-7-6-11-20(12-10-16)14(2)3/h8-9,13-14,16,19H,5-7,10-12H2,1-4H3. The van der Waals surface area contributed by atoms with Gasteiger partial charge in [-0.1, -0.05) is 6.07 Å². The minimum absolute atomic E-state index is 0.552. The summed E-state index contributed by atoms with van der Waals surface area (Å²) in [5.74, 6) is 0.988. The van der Waals surface area contributed by atoms with Gasteiger partial charge in [0.25, 0.3) is 0 Å². The van der Waals surface area contributed by atoms with Crippen LogP contribution in [0.2, 0.25) is 0 Å². The summed E-state index contributed by atoms with van der Waals surface area (Å²) in [7, 11) is 0. The number of benzene rings is 1. The number of anilines is 1. The number of aryl methyl sites for hydroxylation is 1. The molecule has 1 fully saturated rings. The van der Waals surface area contributed by atoms with Gasteiger partial charge >= 0.3 is 0 Å². The molecule has 1 heterocycles. The average molecular weight is 290 g/mol. The van der Waals surface area contributed by atoms with E-state index in [1.165, 1.54) is 37.9 Å². The summed E-state index contributed by atoms with van der Waals surface area (Å²) in [5, 5.41) is 3.71. The Morgan fingerprint density at radius 3 is 2.81 bits per heavy atom. The lowest BCUT2D eigenvalue weighted by atomic mass is 10.1. The number of hydrogen-bond donors (Lipinski definition) is 1. The summed E-state index contributed by atoms with van der Waals surface area (Å²) >= 11 is 0. The highest BCUT2D eigenvalue weighted by Crippen LogP contribution is 2.28. The summed E-state index contributed by atoms with van der Waals surface area (Å²) < 4.78 is 5.78. The van der Waals surface area contributed by atoms with Crippen LogP contribution in [0.3, 0.4) is 0 Å². The van der Waals surface area contributed by atoms with Crippen molar-refractivity contribution in [3.63, 3.8) is 0 Å². The minimum atomic E-state index is 0.552. The van der Waals surface area contributed by atoms with Gasteiger partial charge in [0.15, 0.2) is 0 Å². The predicted octanol–water partition coefficient (Wildman–Crippen LogP) is 4.07. The highest BCUT2D eigenvalue weighted by molar-refractivity contribution is 5.58. The van der Waals surface area contributed by atoms with Crippen molar-refractivity contribution in [3.8, 4) is 5.75 Å². The van der Waals surface area contributed by atoms with Crippen LogP contribution in [0.1, 0.15) is 45.6 Å². The zero-order valence-electron chi connectivity index (χ0n) is 14.0. The molecule has 118 valence electrons. The van der Waals surface area contributed by atoms with Gasteiger partial charge in [-0.05, 0) is 71.2 Å². The molecule has 0 radical (unpaired) electrons. The molecule has 1 aromatic carbocycles. The van der Waals surface area contributed by atoms with Gasteiger partial charge in [-0.3, -0.25) is 0 Å². The van der Waals surface area contributed by atoms with Crippen molar-refractivity contribution in [1.29, 1.82) is 0 Å². The van der Waals surface area contributed by atoms with Gasteiger partial charge in [0.1, 0.15) is 5.75 Å². The third-order valence-electron chi connectivity index (χ3n) is 4.29. The Labute approximate surface area is 129 Å². The van der Waals surface area contributed by atoms with Crippen molar-refractivity contribution in [2.75, 3.05) is 25.0 Å². The van der Waals surface area contributed by atoms with E-state index in [2.05, 4.69) is 49.2 Å². The van der Waals surface area contributed by atoms with Gasteiger partial charge in [0.05, 0.1) is 12.3 Å². The van der Waals surface area contributed by atoms with Crippen LogP contribution in [0.4, 0.5) is 5.69 Å². The first kappa shape index (κ1) is 16.2. The number of likely N-dealkylation sites (tertiary alicyclic amines) is 1. The second-order valence-electron chi connectivity index (χ2n) is 6.33. The van der Waals surface area contributed by atoms with Crippen LogP contribution in [0, 0.1) is 6.92 Å². The van der Waals surface area contributed by atoms with Gasteiger partial charge in [0, 0.05) is 18.6 Å². The van der Waals surface area contributed by atoms with Crippen LogP contribution in [-0.4, -0.2) is 36.7 Å². The molecule has 1 aliphatic rings. The third kappa shape index (κ3) is 4.63. The first-order valence-corrected chi connectivity index (χ1v) is 8.34. The molecule has 0 saturated carbocycles. The smallest absolute Gasteiger partial charge is 0.142 e. The zero-order valence-corrected chi connectivity index (χ0v) is 14.0. The van der Waals surface area contributed by atoms with Crippen molar-refractivity contribution >= 4 is 5.69 Å². The van der Waals surface area contributed by atoms with Crippen LogP contribution in [-0.2, 0) is 0 Å². The molecular weight excluding hydrogens is 260 g/mol. The van der Waals surface area contributed by atoms with E-state index in [0.717, 1.165) is 11.4 Å². The predicted molar refractivity (Wildman–Crippen MR) is 90.3 cm³/mol. The summed E-state index contributed by atoms with van der Waals surface area (Å²) in [6.45, 7) is 11.9.